The van der Waals surface area contributed by atoms with E-state index in [0.29, 0.717) is 11.3 Å². The highest BCUT2D eigenvalue weighted by Gasteiger charge is 2.14. The number of carbonyl (C=O) groups is 1. The number of nitrogens with zero attached hydrogens (tertiary/aromatic N) is 3. The first-order valence-corrected chi connectivity index (χ1v) is 6.49. The monoisotopic (exact) mass is 298 g/mol. The lowest BCUT2D eigenvalue weighted by Gasteiger charge is -2.04. The summed E-state index contributed by atoms with van der Waals surface area (Å²) in [5, 5.41) is 14.9. The van der Waals surface area contributed by atoms with Crippen LogP contribution in [0.25, 0.3) is 0 Å². The van der Waals surface area contributed by atoms with Crippen LogP contribution >= 0.6 is 0 Å². The number of benzene rings is 1. The van der Waals surface area contributed by atoms with Gasteiger partial charge in [-0.25, -0.2) is 5.43 Å². The van der Waals surface area contributed by atoms with E-state index in [-0.39, 0.29) is 11.3 Å². The van der Waals surface area contributed by atoms with Crippen LogP contribution in [0.2, 0.25) is 0 Å². The molecule has 0 unspecified atom stereocenters. The van der Waals surface area contributed by atoms with Gasteiger partial charge in [-0.2, -0.15) is 5.10 Å². The molecule has 7 heteroatoms. The number of pyridine rings is 1. The van der Waals surface area contributed by atoms with Gasteiger partial charge in [-0.05, 0) is 26.0 Å². The minimum Gasteiger partial charge on any atom is -0.267 e. The lowest BCUT2D eigenvalue weighted by atomic mass is 10.1. The zero-order chi connectivity index (χ0) is 16.1. The smallest absolute Gasteiger partial charge is 0.267 e. The van der Waals surface area contributed by atoms with E-state index in [1.165, 1.54) is 18.2 Å². The number of aromatic nitrogens is 1. The van der Waals surface area contributed by atoms with Gasteiger partial charge in [0.05, 0.1) is 10.6 Å². The fourth-order valence-electron chi connectivity index (χ4n) is 1.79. The van der Waals surface area contributed by atoms with Gasteiger partial charge in [-0.3, -0.25) is 19.9 Å². The summed E-state index contributed by atoms with van der Waals surface area (Å²) in [7, 11) is 0. The van der Waals surface area contributed by atoms with Crippen LogP contribution in [-0.4, -0.2) is 21.5 Å². The number of hydrazone groups is 1. The maximum atomic E-state index is 12.0. The van der Waals surface area contributed by atoms with Crippen molar-refractivity contribution in [3.8, 4) is 0 Å². The van der Waals surface area contributed by atoms with Gasteiger partial charge in [0.25, 0.3) is 11.6 Å². The molecule has 0 aliphatic heterocycles. The molecule has 0 aliphatic rings. The second kappa shape index (κ2) is 6.57. The third-order valence-electron chi connectivity index (χ3n) is 3.07. The summed E-state index contributed by atoms with van der Waals surface area (Å²) < 4.78 is 0. The van der Waals surface area contributed by atoms with Crippen molar-refractivity contribution in [1.29, 1.82) is 0 Å². The highest BCUT2D eigenvalue weighted by molar-refractivity contribution is 6.00. The summed E-state index contributed by atoms with van der Waals surface area (Å²) in [6, 6.07) is 7.87. The third-order valence-corrected chi connectivity index (χ3v) is 3.07. The number of aryl methyl sites for hydroxylation is 1. The van der Waals surface area contributed by atoms with E-state index in [1.807, 2.05) is 6.07 Å². The van der Waals surface area contributed by atoms with Crippen LogP contribution in [0.1, 0.15) is 28.4 Å². The van der Waals surface area contributed by atoms with Crippen molar-refractivity contribution >= 4 is 17.3 Å². The highest BCUT2D eigenvalue weighted by Crippen LogP contribution is 2.19. The number of hydrogen-bond acceptors (Lipinski definition) is 5. The number of rotatable bonds is 4. The van der Waals surface area contributed by atoms with E-state index in [4.69, 9.17) is 0 Å². The molecule has 1 heterocycles. The Labute approximate surface area is 126 Å². The molecule has 0 aliphatic carbocycles. The van der Waals surface area contributed by atoms with E-state index in [2.05, 4.69) is 15.5 Å². The number of hydrogen-bond donors (Lipinski definition) is 1. The molecule has 112 valence electrons. The number of amides is 1. The Morgan fingerprint density at radius 1 is 1.32 bits per heavy atom. The Morgan fingerprint density at radius 3 is 2.73 bits per heavy atom. The maximum absolute atomic E-state index is 12.0. The zero-order valence-corrected chi connectivity index (χ0v) is 12.1. The highest BCUT2D eigenvalue weighted by atomic mass is 16.6. The van der Waals surface area contributed by atoms with Gasteiger partial charge >= 0.3 is 0 Å². The molecular weight excluding hydrogens is 284 g/mol. The van der Waals surface area contributed by atoms with Gasteiger partial charge in [0, 0.05) is 35.2 Å². The minimum atomic E-state index is -0.518. The Kier molecular flexibility index (Phi) is 4.57. The molecule has 1 N–H and O–H groups in total. The molecule has 0 radical (unpaired) electrons. The lowest BCUT2D eigenvalue weighted by Crippen LogP contribution is -2.19. The Morgan fingerprint density at radius 2 is 2.09 bits per heavy atom. The van der Waals surface area contributed by atoms with Crippen molar-refractivity contribution < 1.29 is 9.72 Å². The normalized spacial score (nSPS) is 11.1. The second-order valence-corrected chi connectivity index (χ2v) is 4.64. The third kappa shape index (κ3) is 3.51. The van der Waals surface area contributed by atoms with Crippen LogP contribution in [0.4, 0.5) is 5.69 Å². The van der Waals surface area contributed by atoms with Gasteiger partial charge in [-0.15, -0.1) is 0 Å². The molecule has 0 saturated heterocycles. The second-order valence-electron chi connectivity index (χ2n) is 4.64. The Balaban J connectivity index is 2.16. The molecule has 1 amide bonds. The van der Waals surface area contributed by atoms with Crippen molar-refractivity contribution in [3.05, 3.63) is 69.5 Å². The Hall–Kier alpha value is -3.09. The molecule has 0 fully saturated rings. The summed E-state index contributed by atoms with van der Waals surface area (Å²) in [6.45, 7) is 3.35. The van der Waals surface area contributed by atoms with Crippen molar-refractivity contribution in [1.82, 2.24) is 10.4 Å². The first-order valence-electron chi connectivity index (χ1n) is 6.49. The van der Waals surface area contributed by atoms with Gasteiger partial charge in [0.2, 0.25) is 0 Å². The van der Waals surface area contributed by atoms with Gasteiger partial charge < -0.3 is 0 Å². The van der Waals surface area contributed by atoms with Crippen LogP contribution in [-0.2, 0) is 0 Å². The standard InChI is InChI=1S/C15H14N4O3/c1-10-5-6-12(8-14(10)19(21)22)15(20)18-17-11(2)13-4-3-7-16-9-13/h3-9H,1-2H3,(H,18,20)/b17-11+. The van der Waals surface area contributed by atoms with Crippen molar-refractivity contribution in [2.24, 2.45) is 5.10 Å². The summed E-state index contributed by atoms with van der Waals surface area (Å²) >= 11 is 0. The zero-order valence-electron chi connectivity index (χ0n) is 12.1. The molecule has 1 aromatic heterocycles. The first-order chi connectivity index (χ1) is 10.5. The topological polar surface area (TPSA) is 97.5 Å². The predicted molar refractivity (Wildman–Crippen MR) is 81.7 cm³/mol. The summed E-state index contributed by atoms with van der Waals surface area (Å²) in [6.07, 6.45) is 3.27. The van der Waals surface area contributed by atoms with Crippen molar-refractivity contribution in [2.45, 2.75) is 13.8 Å². The van der Waals surface area contributed by atoms with E-state index < -0.39 is 10.8 Å². The van der Waals surface area contributed by atoms with E-state index >= 15 is 0 Å². The maximum Gasteiger partial charge on any atom is 0.273 e. The minimum absolute atomic E-state index is 0.0967. The average Bonchev–Trinajstić information content (AvgIpc) is 2.53. The van der Waals surface area contributed by atoms with E-state index in [9.17, 15) is 14.9 Å². The molecule has 0 bridgehead atoms. The largest absolute Gasteiger partial charge is 0.273 e. The van der Waals surface area contributed by atoms with Crippen LogP contribution in [0, 0.1) is 17.0 Å². The average molecular weight is 298 g/mol. The van der Waals surface area contributed by atoms with Crippen LogP contribution < -0.4 is 5.43 Å². The summed E-state index contributed by atoms with van der Waals surface area (Å²) in [5.41, 5.74) is 4.32. The number of nitro benzene ring substituents is 1. The predicted octanol–water partition coefficient (Wildman–Crippen LogP) is 2.45. The fourth-order valence-corrected chi connectivity index (χ4v) is 1.79. The molecule has 22 heavy (non-hydrogen) atoms. The lowest BCUT2D eigenvalue weighted by molar-refractivity contribution is -0.385. The molecule has 2 rings (SSSR count). The fraction of sp³-hybridized carbons (Fsp3) is 0.133. The quantitative estimate of drug-likeness (QED) is 0.532. The first kappa shape index (κ1) is 15.3. The van der Waals surface area contributed by atoms with Crippen LogP contribution in [0.3, 0.4) is 0 Å². The number of nitrogens with one attached hydrogen (secondary N) is 1. The molecule has 2 aromatic rings. The summed E-state index contributed by atoms with van der Waals surface area (Å²) in [4.78, 5) is 26.3. The van der Waals surface area contributed by atoms with Crippen molar-refractivity contribution in [3.63, 3.8) is 0 Å². The van der Waals surface area contributed by atoms with E-state index in [1.54, 1.807) is 32.3 Å². The number of nitro groups is 1. The van der Waals surface area contributed by atoms with Gasteiger partial charge in [0.1, 0.15) is 0 Å². The van der Waals surface area contributed by atoms with Crippen LogP contribution in [0.5, 0.6) is 0 Å². The summed E-state index contributed by atoms with van der Waals surface area (Å²) in [5.74, 6) is -0.508. The van der Waals surface area contributed by atoms with E-state index in [0.717, 1.165) is 5.56 Å². The van der Waals surface area contributed by atoms with Gasteiger partial charge in [0.15, 0.2) is 0 Å². The molecule has 1 aromatic carbocycles. The SMILES string of the molecule is C/C(=N\NC(=O)c1ccc(C)c([N+](=O)[O-])c1)c1cccnc1. The number of carbonyl (C=O) groups excluding carboxylic acids is 1. The van der Waals surface area contributed by atoms with Gasteiger partial charge in [-0.1, -0.05) is 12.1 Å². The molecule has 7 nitrogen and oxygen atoms in total. The molecular formula is C15H14N4O3. The van der Waals surface area contributed by atoms with Crippen LogP contribution in [0.15, 0.2) is 47.8 Å². The van der Waals surface area contributed by atoms with Crippen molar-refractivity contribution in [2.75, 3.05) is 0 Å². The Bertz CT molecular complexity index is 742. The molecule has 0 spiro atoms. The molecule has 0 atom stereocenters. The molecule has 0 saturated carbocycles.